The third-order valence-electron chi connectivity index (χ3n) is 3.71. The van der Waals surface area contributed by atoms with Crippen LogP contribution in [0.5, 0.6) is 11.6 Å². The summed E-state index contributed by atoms with van der Waals surface area (Å²) in [6.07, 6.45) is 3.70. The van der Waals surface area contributed by atoms with E-state index >= 15 is 0 Å². The van der Waals surface area contributed by atoms with Gasteiger partial charge < -0.3 is 10.1 Å². The Bertz CT molecular complexity index is 895. The smallest absolute Gasteiger partial charge is 0.224 e. The van der Waals surface area contributed by atoms with Crippen LogP contribution in [0.3, 0.4) is 0 Å². The van der Waals surface area contributed by atoms with E-state index < -0.39 is 5.82 Å². The minimum absolute atomic E-state index is 0.0906. The van der Waals surface area contributed by atoms with E-state index in [0.29, 0.717) is 18.5 Å². The van der Waals surface area contributed by atoms with E-state index in [-0.39, 0.29) is 24.1 Å². The van der Waals surface area contributed by atoms with E-state index in [2.05, 4.69) is 15.4 Å². The van der Waals surface area contributed by atoms with Crippen molar-refractivity contribution in [2.24, 2.45) is 0 Å². The normalized spacial score (nSPS) is 10.5. The molecule has 0 saturated carbocycles. The molecule has 6 nitrogen and oxygen atoms in total. The lowest BCUT2D eigenvalue weighted by Gasteiger charge is -2.11. The minimum atomic E-state index is -0.470. The molecule has 0 aliphatic heterocycles. The molecule has 2 heterocycles. The van der Waals surface area contributed by atoms with Crippen LogP contribution in [0.15, 0.2) is 54.9 Å². The predicted octanol–water partition coefficient (Wildman–Crippen LogP) is 3.22. The van der Waals surface area contributed by atoms with Crippen molar-refractivity contribution in [1.82, 2.24) is 20.1 Å². The number of hydrogen-bond acceptors (Lipinski definition) is 4. The van der Waals surface area contributed by atoms with Gasteiger partial charge >= 0.3 is 0 Å². The first-order chi connectivity index (χ1) is 12.6. The third kappa shape index (κ3) is 4.66. The van der Waals surface area contributed by atoms with Gasteiger partial charge in [0.25, 0.3) is 0 Å². The number of ether oxygens (including phenoxy) is 1. The fourth-order valence-electron chi connectivity index (χ4n) is 2.37. The number of amides is 1. The van der Waals surface area contributed by atoms with E-state index in [1.807, 2.05) is 19.2 Å². The van der Waals surface area contributed by atoms with Gasteiger partial charge in [-0.15, -0.1) is 0 Å². The number of benzene rings is 1. The molecule has 2 aromatic heterocycles. The van der Waals surface area contributed by atoms with Crippen molar-refractivity contribution in [2.45, 2.75) is 26.4 Å². The van der Waals surface area contributed by atoms with Crippen molar-refractivity contribution in [3.63, 3.8) is 0 Å². The van der Waals surface area contributed by atoms with Crippen molar-refractivity contribution in [2.75, 3.05) is 0 Å². The summed E-state index contributed by atoms with van der Waals surface area (Å²) in [6.45, 7) is 2.65. The summed E-state index contributed by atoms with van der Waals surface area (Å²) >= 11 is 0. The molecule has 1 amide bonds. The molecule has 0 fully saturated rings. The second-order valence-electron chi connectivity index (χ2n) is 5.75. The number of para-hydroxylation sites is 1. The molecule has 0 atom stereocenters. The molecule has 3 aromatic rings. The van der Waals surface area contributed by atoms with Gasteiger partial charge in [0.2, 0.25) is 11.8 Å². The number of carbonyl (C=O) groups excluding carboxylic acids is 1. The molecule has 0 aliphatic rings. The van der Waals surface area contributed by atoms with Crippen molar-refractivity contribution >= 4 is 5.91 Å². The lowest BCUT2D eigenvalue weighted by atomic mass is 10.2. The minimum Gasteiger partial charge on any atom is -0.436 e. The number of nitrogens with one attached hydrogen (secondary N) is 1. The Balaban J connectivity index is 1.58. The number of nitrogens with zero attached hydrogens (tertiary/aromatic N) is 3. The zero-order valence-corrected chi connectivity index (χ0v) is 14.4. The number of aryl methyl sites for hydroxylation is 2. The molecule has 26 heavy (non-hydrogen) atoms. The molecule has 0 aliphatic carbocycles. The van der Waals surface area contributed by atoms with E-state index in [1.165, 1.54) is 12.1 Å². The highest BCUT2D eigenvalue weighted by molar-refractivity contribution is 5.75. The first-order valence-corrected chi connectivity index (χ1v) is 8.25. The van der Waals surface area contributed by atoms with Gasteiger partial charge in [0, 0.05) is 37.5 Å². The van der Waals surface area contributed by atoms with Crippen LogP contribution >= 0.6 is 0 Å². The highest BCUT2D eigenvalue weighted by Gasteiger charge is 2.10. The average Bonchev–Trinajstić information content (AvgIpc) is 3.06. The molecule has 3 rings (SSSR count). The molecule has 0 bridgehead atoms. The van der Waals surface area contributed by atoms with Crippen LogP contribution in [-0.2, 0) is 17.9 Å². The molecule has 7 heteroatoms. The first kappa shape index (κ1) is 17.6. The molecular formula is C19H19FN4O2. The van der Waals surface area contributed by atoms with Gasteiger partial charge in [-0.05, 0) is 31.2 Å². The lowest BCUT2D eigenvalue weighted by Crippen LogP contribution is -2.24. The Morgan fingerprint density at radius 1 is 1.23 bits per heavy atom. The van der Waals surface area contributed by atoms with Crippen LogP contribution in [0.2, 0.25) is 0 Å². The Morgan fingerprint density at radius 3 is 2.85 bits per heavy atom. The highest BCUT2D eigenvalue weighted by atomic mass is 19.1. The van der Waals surface area contributed by atoms with Crippen LogP contribution in [0.1, 0.15) is 17.7 Å². The monoisotopic (exact) mass is 354 g/mol. The molecule has 0 unspecified atom stereocenters. The van der Waals surface area contributed by atoms with Crippen LogP contribution in [0.25, 0.3) is 0 Å². The van der Waals surface area contributed by atoms with Crippen LogP contribution < -0.4 is 10.1 Å². The summed E-state index contributed by atoms with van der Waals surface area (Å²) in [5.41, 5.74) is 1.58. The summed E-state index contributed by atoms with van der Waals surface area (Å²) in [5, 5.41) is 7.06. The van der Waals surface area contributed by atoms with Gasteiger partial charge in [-0.1, -0.05) is 18.2 Å². The molecule has 1 N–H and O–H groups in total. The Labute approximate surface area is 150 Å². The molecule has 1 aromatic carbocycles. The quantitative estimate of drug-likeness (QED) is 0.707. The van der Waals surface area contributed by atoms with E-state index in [4.69, 9.17) is 4.74 Å². The van der Waals surface area contributed by atoms with Crippen molar-refractivity contribution in [3.8, 4) is 11.6 Å². The van der Waals surface area contributed by atoms with E-state index in [1.54, 1.807) is 35.1 Å². The van der Waals surface area contributed by atoms with Gasteiger partial charge in [-0.2, -0.15) is 5.10 Å². The van der Waals surface area contributed by atoms with Gasteiger partial charge in [0.1, 0.15) is 0 Å². The number of rotatable bonds is 7. The number of pyridine rings is 1. The largest absolute Gasteiger partial charge is 0.436 e. The standard InChI is InChI=1S/C19H19FN4O2/c1-14-8-11-24(23-14)12-9-18(25)22-13-15-5-4-10-21-19(15)26-17-7-3-2-6-16(17)20/h2-8,10-11H,9,12-13H2,1H3,(H,22,25). The maximum atomic E-state index is 13.8. The van der Waals surface area contributed by atoms with E-state index in [0.717, 1.165) is 5.69 Å². The predicted molar refractivity (Wildman–Crippen MR) is 94.1 cm³/mol. The Morgan fingerprint density at radius 2 is 2.08 bits per heavy atom. The molecule has 134 valence electrons. The molecule has 0 radical (unpaired) electrons. The van der Waals surface area contributed by atoms with Crippen molar-refractivity contribution in [3.05, 3.63) is 71.9 Å². The maximum absolute atomic E-state index is 13.8. The van der Waals surface area contributed by atoms with Crippen LogP contribution in [0.4, 0.5) is 4.39 Å². The van der Waals surface area contributed by atoms with Gasteiger partial charge in [-0.3, -0.25) is 9.48 Å². The molecule has 0 spiro atoms. The van der Waals surface area contributed by atoms with Gasteiger partial charge in [0.05, 0.1) is 5.69 Å². The zero-order valence-electron chi connectivity index (χ0n) is 14.4. The molecule has 0 saturated heterocycles. The number of hydrogen-bond donors (Lipinski definition) is 1. The Hall–Kier alpha value is -3.22. The summed E-state index contributed by atoms with van der Waals surface area (Å²) in [5.74, 6) is -0.227. The van der Waals surface area contributed by atoms with Gasteiger partial charge in [0.15, 0.2) is 11.6 Å². The summed E-state index contributed by atoms with van der Waals surface area (Å²) in [4.78, 5) is 16.2. The van der Waals surface area contributed by atoms with Gasteiger partial charge in [-0.25, -0.2) is 9.37 Å². The third-order valence-corrected chi connectivity index (χ3v) is 3.71. The second-order valence-corrected chi connectivity index (χ2v) is 5.75. The zero-order chi connectivity index (χ0) is 18.4. The summed E-state index contributed by atoms with van der Waals surface area (Å²) in [7, 11) is 0. The van der Waals surface area contributed by atoms with Crippen LogP contribution in [-0.4, -0.2) is 20.7 Å². The first-order valence-electron chi connectivity index (χ1n) is 8.25. The fourth-order valence-corrected chi connectivity index (χ4v) is 2.37. The topological polar surface area (TPSA) is 69.0 Å². The van der Waals surface area contributed by atoms with E-state index in [9.17, 15) is 9.18 Å². The SMILES string of the molecule is Cc1ccn(CCC(=O)NCc2cccnc2Oc2ccccc2F)n1. The molecular weight excluding hydrogens is 335 g/mol. The van der Waals surface area contributed by atoms with Crippen molar-refractivity contribution < 1.29 is 13.9 Å². The Kier molecular flexibility index (Phi) is 5.58. The van der Waals surface area contributed by atoms with Crippen LogP contribution in [0, 0.1) is 12.7 Å². The number of aromatic nitrogens is 3. The average molecular weight is 354 g/mol. The lowest BCUT2D eigenvalue weighted by molar-refractivity contribution is -0.121. The number of carbonyl (C=O) groups is 1. The highest BCUT2D eigenvalue weighted by Crippen LogP contribution is 2.25. The summed E-state index contributed by atoms with van der Waals surface area (Å²) < 4.78 is 21.0. The van der Waals surface area contributed by atoms with Crippen molar-refractivity contribution in [1.29, 1.82) is 0 Å². The number of halogens is 1. The fraction of sp³-hybridized carbons (Fsp3) is 0.211. The summed E-state index contributed by atoms with van der Waals surface area (Å²) in [6, 6.07) is 11.5. The second kappa shape index (κ2) is 8.24. The maximum Gasteiger partial charge on any atom is 0.224 e.